The van der Waals surface area contributed by atoms with Crippen LogP contribution in [0.4, 0.5) is 0 Å². The molecule has 4 rings (SSSR count). The van der Waals surface area contributed by atoms with E-state index in [1.807, 2.05) is 49.6 Å². The van der Waals surface area contributed by atoms with Crippen LogP contribution in [0.3, 0.4) is 0 Å². The van der Waals surface area contributed by atoms with Gasteiger partial charge < -0.3 is 9.47 Å². The van der Waals surface area contributed by atoms with Gasteiger partial charge in [0.15, 0.2) is 9.84 Å². The first-order valence-electron chi connectivity index (χ1n) is 9.00. The smallest absolute Gasteiger partial charge is 0.224 e. The van der Waals surface area contributed by atoms with Crippen LogP contribution in [0.1, 0.15) is 12.5 Å². The Hall–Kier alpha value is -2.93. The maximum atomic E-state index is 11.9. The van der Waals surface area contributed by atoms with Crippen LogP contribution in [0, 0.1) is 0 Å². The van der Waals surface area contributed by atoms with Crippen molar-refractivity contribution in [1.29, 1.82) is 0 Å². The number of imidazole rings is 1. The topological polar surface area (TPSA) is 72.3 Å². The van der Waals surface area contributed by atoms with E-state index in [2.05, 4.69) is 9.55 Å². The quantitative estimate of drug-likeness (QED) is 0.681. The standard InChI is InChI=1S/C21H21N3O3S/c1-23-14-18(13-20(23)25)24-11-10-22-21(24)17-5-3-4-16(12-17)15-6-8-19(9-7-15)28(2,26)27/h3-12,18H,13-14H2,1-2H3. The van der Waals surface area contributed by atoms with Gasteiger partial charge in [0.2, 0.25) is 5.91 Å². The second-order valence-electron chi connectivity index (χ2n) is 7.17. The van der Waals surface area contributed by atoms with Crippen LogP contribution in [0.15, 0.2) is 65.8 Å². The molecule has 6 nitrogen and oxygen atoms in total. The minimum atomic E-state index is -3.21. The van der Waals surface area contributed by atoms with Gasteiger partial charge in [0.25, 0.3) is 0 Å². The number of aromatic nitrogens is 2. The Morgan fingerprint density at radius 2 is 1.75 bits per heavy atom. The van der Waals surface area contributed by atoms with Crippen molar-refractivity contribution in [2.75, 3.05) is 19.8 Å². The highest BCUT2D eigenvalue weighted by Gasteiger charge is 2.29. The minimum absolute atomic E-state index is 0.0766. The largest absolute Gasteiger partial charge is 0.344 e. The third-order valence-corrected chi connectivity index (χ3v) is 6.25. The molecule has 1 fully saturated rings. The zero-order chi connectivity index (χ0) is 19.9. The second-order valence-corrected chi connectivity index (χ2v) is 9.18. The fourth-order valence-corrected chi connectivity index (χ4v) is 4.22. The van der Waals surface area contributed by atoms with E-state index in [0.717, 1.165) is 22.5 Å². The van der Waals surface area contributed by atoms with Gasteiger partial charge in [-0.25, -0.2) is 13.4 Å². The van der Waals surface area contributed by atoms with Crippen LogP contribution in [0.25, 0.3) is 22.5 Å². The van der Waals surface area contributed by atoms with Crippen molar-refractivity contribution in [1.82, 2.24) is 14.5 Å². The fourth-order valence-electron chi connectivity index (χ4n) is 3.59. The van der Waals surface area contributed by atoms with Gasteiger partial charge in [-0.05, 0) is 29.3 Å². The number of carbonyl (C=O) groups excluding carboxylic acids is 1. The average Bonchev–Trinajstić information content (AvgIpc) is 3.28. The molecule has 1 aliphatic rings. The molecular formula is C21H21N3O3S. The number of amides is 1. The number of likely N-dealkylation sites (tertiary alicyclic amines) is 1. The molecule has 0 bridgehead atoms. The highest BCUT2D eigenvalue weighted by molar-refractivity contribution is 7.90. The Morgan fingerprint density at radius 3 is 2.39 bits per heavy atom. The first kappa shape index (κ1) is 18.4. The van der Waals surface area contributed by atoms with Gasteiger partial charge in [-0.15, -0.1) is 0 Å². The highest BCUT2D eigenvalue weighted by Crippen LogP contribution is 2.30. The number of sulfone groups is 1. The van der Waals surface area contributed by atoms with Crippen molar-refractivity contribution in [2.24, 2.45) is 0 Å². The summed E-state index contributed by atoms with van der Waals surface area (Å²) in [5.74, 6) is 0.965. The van der Waals surface area contributed by atoms with Crippen LogP contribution in [-0.2, 0) is 14.6 Å². The molecule has 144 valence electrons. The molecule has 2 aromatic carbocycles. The molecule has 1 saturated heterocycles. The lowest BCUT2D eigenvalue weighted by Gasteiger charge is -2.15. The third kappa shape index (κ3) is 3.45. The summed E-state index contributed by atoms with van der Waals surface area (Å²) in [6.45, 7) is 0.675. The number of hydrogen-bond acceptors (Lipinski definition) is 4. The van der Waals surface area contributed by atoms with Gasteiger partial charge in [0, 0.05) is 44.2 Å². The Morgan fingerprint density at radius 1 is 1.04 bits per heavy atom. The van der Waals surface area contributed by atoms with Gasteiger partial charge in [0.1, 0.15) is 5.82 Å². The van der Waals surface area contributed by atoms with Crippen LogP contribution in [0.5, 0.6) is 0 Å². The molecule has 7 heteroatoms. The molecule has 0 spiro atoms. The second kappa shape index (κ2) is 6.91. The first-order chi connectivity index (χ1) is 13.3. The number of likely N-dealkylation sites (N-methyl/N-ethyl adjacent to an activating group) is 1. The summed E-state index contributed by atoms with van der Waals surface area (Å²) < 4.78 is 25.4. The molecular weight excluding hydrogens is 374 g/mol. The molecule has 0 radical (unpaired) electrons. The lowest BCUT2D eigenvalue weighted by Crippen LogP contribution is -2.19. The van der Waals surface area contributed by atoms with E-state index in [4.69, 9.17) is 0 Å². The van der Waals surface area contributed by atoms with Crippen LogP contribution < -0.4 is 0 Å². The highest BCUT2D eigenvalue weighted by atomic mass is 32.2. The SMILES string of the molecule is CN1CC(n2ccnc2-c2cccc(-c3ccc(S(C)(=O)=O)cc3)c2)CC1=O. The van der Waals surface area contributed by atoms with Gasteiger partial charge >= 0.3 is 0 Å². The number of hydrogen-bond donors (Lipinski definition) is 0. The van der Waals surface area contributed by atoms with E-state index in [-0.39, 0.29) is 11.9 Å². The predicted molar refractivity (Wildman–Crippen MR) is 107 cm³/mol. The van der Waals surface area contributed by atoms with Crippen LogP contribution in [-0.4, -0.2) is 48.6 Å². The molecule has 1 atom stereocenters. The molecule has 0 saturated carbocycles. The maximum absolute atomic E-state index is 11.9. The Balaban J connectivity index is 1.67. The Kier molecular flexibility index (Phi) is 4.55. The van der Waals surface area contributed by atoms with Crippen LogP contribution in [0.2, 0.25) is 0 Å². The molecule has 1 aromatic heterocycles. The molecule has 28 heavy (non-hydrogen) atoms. The van der Waals surface area contributed by atoms with Crippen molar-refractivity contribution < 1.29 is 13.2 Å². The maximum Gasteiger partial charge on any atom is 0.224 e. The number of carbonyl (C=O) groups is 1. The Labute approximate surface area is 164 Å². The summed E-state index contributed by atoms with van der Waals surface area (Å²) >= 11 is 0. The monoisotopic (exact) mass is 395 g/mol. The predicted octanol–water partition coefficient (Wildman–Crippen LogP) is 3.02. The molecule has 2 heterocycles. The molecule has 0 N–H and O–H groups in total. The van der Waals surface area contributed by atoms with Gasteiger partial charge in [-0.2, -0.15) is 0 Å². The summed E-state index contributed by atoms with van der Waals surface area (Å²) in [5.41, 5.74) is 2.87. The lowest BCUT2D eigenvalue weighted by molar-refractivity contribution is -0.126. The number of benzene rings is 2. The molecule has 0 aliphatic carbocycles. The molecule has 1 amide bonds. The molecule has 1 unspecified atom stereocenters. The van der Waals surface area contributed by atoms with Crippen molar-refractivity contribution in [3.8, 4) is 22.5 Å². The van der Waals surface area contributed by atoms with Gasteiger partial charge in [-0.1, -0.05) is 30.3 Å². The summed E-state index contributed by atoms with van der Waals surface area (Å²) in [6, 6.07) is 14.9. The number of nitrogens with zero attached hydrogens (tertiary/aromatic N) is 3. The zero-order valence-corrected chi connectivity index (χ0v) is 16.6. The van der Waals surface area contributed by atoms with E-state index < -0.39 is 9.84 Å². The fraction of sp³-hybridized carbons (Fsp3) is 0.238. The van der Waals surface area contributed by atoms with Gasteiger partial charge in [-0.3, -0.25) is 4.79 Å². The normalized spacial score (nSPS) is 17.3. The van der Waals surface area contributed by atoms with E-state index in [1.165, 1.54) is 6.26 Å². The van der Waals surface area contributed by atoms with E-state index >= 15 is 0 Å². The average molecular weight is 395 g/mol. The van der Waals surface area contributed by atoms with E-state index in [0.29, 0.717) is 17.9 Å². The summed E-state index contributed by atoms with van der Waals surface area (Å²) in [7, 11) is -1.40. The van der Waals surface area contributed by atoms with Gasteiger partial charge in [0.05, 0.1) is 10.9 Å². The molecule has 3 aromatic rings. The summed E-state index contributed by atoms with van der Waals surface area (Å²) in [6.07, 6.45) is 5.35. The summed E-state index contributed by atoms with van der Waals surface area (Å²) in [4.78, 5) is 18.5. The van der Waals surface area contributed by atoms with Crippen molar-refractivity contribution in [2.45, 2.75) is 17.4 Å². The zero-order valence-electron chi connectivity index (χ0n) is 15.7. The van der Waals surface area contributed by atoms with Crippen molar-refractivity contribution in [3.05, 3.63) is 60.9 Å². The lowest BCUT2D eigenvalue weighted by atomic mass is 10.0. The third-order valence-electron chi connectivity index (χ3n) is 5.12. The van der Waals surface area contributed by atoms with Crippen molar-refractivity contribution >= 4 is 15.7 Å². The minimum Gasteiger partial charge on any atom is -0.344 e. The Bertz CT molecular complexity index is 1130. The van der Waals surface area contributed by atoms with E-state index in [1.54, 1.807) is 23.2 Å². The first-order valence-corrected chi connectivity index (χ1v) is 10.9. The van der Waals surface area contributed by atoms with Crippen molar-refractivity contribution in [3.63, 3.8) is 0 Å². The summed E-state index contributed by atoms with van der Waals surface area (Å²) in [5, 5.41) is 0. The molecule has 1 aliphatic heterocycles. The van der Waals surface area contributed by atoms with E-state index in [9.17, 15) is 13.2 Å². The number of rotatable bonds is 4. The van der Waals surface area contributed by atoms with Crippen LogP contribution >= 0.6 is 0 Å².